The Kier molecular flexibility index (Phi) is 3.09. The minimum atomic E-state index is -0.251. The molecule has 0 saturated heterocycles. The lowest BCUT2D eigenvalue weighted by atomic mass is 10.2. The molecule has 3 N–H and O–H groups in total. The van der Waals surface area contributed by atoms with E-state index >= 15 is 0 Å². The van der Waals surface area contributed by atoms with Crippen molar-refractivity contribution in [2.24, 2.45) is 0 Å². The highest BCUT2D eigenvalue weighted by Crippen LogP contribution is 2.12. The third kappa shape index (κ3) is 2.63. The maximum Gasteiger partial charge on any atom is 0.256 e. The molecule has 1 aromatic carbocycles. The van der Waals surface area contributed by atoms with Crippen molar-refractivity contribution in [1.82, 2.24) is 10.2 Å². The fraction of sp³-hybridized carbons (Fsp3) is 0.167. The zero-order valence-electron chi connectivity index (χ0n) is 9.40. The number of aromatic nitrogens is 2. The molecule has 2 rings (SSSR count). The topological polar surface area (TPSA) is 78.0 Å². The second-order valence-corrected chi connectivity index (χ2v) is 3.63. The lowest BCUT2D eigenvalue weighted by molar-refractivity contribution is 0.102. The van der Waals surface area contributed by atoms with Gasteiger partial charge < -0.3 is 10.4 Å². The molecule has 17 heavy (non-hydrogen) atoms. The van der Waals surface area contributed by atoms with Crippen molar-refractivity contribution in [1.29, 1.82) is 0 Å². The number of hydrogen-bond donors (Lipinski definition) is 3. The van der Waals surface area contributed by atoms with E-state index in [-0.39, 0.29) is 11.7 Å². The molecule has 1 heterocycles. The first-order valence-corrected chi connectivity index (χ1v) is 5.33. The monoisotopic (exact) mass is 231 g/mol. The number of hydrogen-bond acceptors (Lipinski definition) is 3. The molecule has 0 aliphatic heterocycles. The number of anilines is 1. The summed E-state index contributed by atoms with van der Waals surface area (Å²) in [6, 6.07) is 7.84. The summed E-state index contributed by atoms with van der Waals surface area (Å²) in [5.74, 6) is 0.383. The third-order valence-electron chi connectivity index (χ3n) is 2.38. The standard InChI is InChI=1S/C12H13N3O2/c1-2-9-7-11(15-14-9)13-12(17)8-3-5-10(16)6-4-8/h3-7,16H,2H2,1H3,(H2,13,14,15,17). The minimum absolute atomic E-state index is 0.134. The Morgan fingerprint density at radius 3 is 2.71 bits per heavy atom. The van der Waals surface area contributed by atoms with Gasteiger partial charge in [0, 0.05) is 17.3 Å². The summed E-state index contributed by atoms with van der Waals surface area (Å²) < 4.78 is 0. The van der Waals surface area contributed by atoms with Gasteiger partial charge in [0.1, 0.15) is 5.75 Å². The number of aryl methyl sites for hydroxylation is 1. The molecule has 0 aliphatic carbocycles. The molecule has 0 atom stereocenters. The molecule has 2 aromatic rings. The highest BCUT2D eigenvalue weighted by Gasteiger charge is 2.07. The van der Waals surface area contributed by atoms with Gasteiger partial charge >= 0.3 is 0 Å². The van der Waals surface area contributed by atoms with Gasteiger partial charge in [0.05, 0.1) is 0 Å². The third-order valence-corrected chi connectivity index (χ3v) is 2.38. The van der Waals surface area contributed by atoms with Crippen LogP contribution >= 0.6 is 0 Å². The molecular formula is C12H13N3O2. The van der Waals surface area contributed by atoms with Crippen LogP contribution in [0.25, 0.3) is 0 Å². The molecule has 0 fully saturated rings. The van der Waals surface area contributed by atoms with Gasteiger partial charge in [-0.05, 0) is 30.7 Å². The number of aromatic hydroxyl groups is 1. The molecule has 1 aromatic heterocycles. The number of benzene rings is 1. The predicted molar refractivity (Wildman–Crippen MR) is 64.0 cm³/mol. The maximum atomic E-state index is 11.8. The van der Waals surface area contributed by atoms with Crippen LogP contribution < -0.4 is 5.32 Å². The van der Waals surface area contributed by atoms with E-state index in [2.05, 4.69) is 15.5 Å². The summed E-state index contributed by atoms with van der Waals surface area (Å²) in [6.07, 6.45) is 0.835. The van der Waals surface area contributed by atoms with Crippen molar-refractivity contribution < 1.29 is 9.90 Å². The Bertz CT molecular complexity index is 517. The van der Waals surface area contributed by atoms with Crippen LogP contribution in [0.5, 0.6) is 5.75 Å². The summed E-state index contributed by atoms with van der Waals surface area (Å²) in [6.45, 7) is 2.00. The van der Waals surface area contributed by atoms with Crippen molar-refractivity contribution >= 4 is 11.7 Å². The second-order valence-electron chi connectivity index (χ2n) is 3.63. The number of carbonyl (C=O) groups excluding carboxylic acids is 1. The number of rotatable bonds is 3. The van der Waals surface area contributed by atoms with E-state index in [9.17, 15) is 4.79 Å². The van der Waals surface area contributed by atoms with Gasteiger partial charge in [-0.1, -0.05) is 6.92 Å². The summed E-state index contributed by atoms with van der Waals surface area (Å²) in [7, 11) is 0. The fourth-order valence-corrected chi connectivity index (χ4v) is 1.41. The van der Waals surface area contributed by atoms with Crippen molar-refractivity contribution in [2.45, 2.75) is 13.3 Å². The van der Waals surface area contributed by atoms with Crippen LogP contribution in [0.15, 0.2) is 30.3 Å². The first kappa shape index (κ1) is 11.2. The number of amides is 1. The number of carbonyl (C=O) groups is 1. The number of phenols is 1. The van der Waals surface area contributed by atoms with Crippen LogP contribution in [0.3, 0.4) is 0 Å². The fourth-order valence-electron chi connectivity index (χ4n) is 1.41. The van der Waals surface area contributed by atoms with Gasteiger partial charge in [-0.3, -0.25) is 9.89 Å². The molecule has 0 saturated carbocycles. The molecule has 0 unspecified atom stereocenters. The van der Waals surface area contributed by atoms with E-state index < -0.39 is 0 Å². The van der Waals surface area contributed by atoms with Gasteiger partial charge in [0.25, 0.3) is 5.91 Å². The molecule has 1 amide bonds. The van der Waals surface area contributed by atoms with E-state index in [1.54, 1.807) is 18.2 Å². The van der Waals surface area contributed by atoms with E-state index in [1.807, 2.05) is 6.92 Å². The maximum absolute atomic E-state index is 11.8. The van der Waals surface area contributed by atoms with Crippen molar-refractivity contribution in [2.75, 3.05) is 5.32 Å². The van der Waals surface area contributed by atoms with Crippen LogP contribution in [0.1, 0.15) is 23.0 Å². The molecule has 0 aliphatic rings. The van der Waals surface area contributed by atoms with Gasteiger partial charge in [-0.2, -0.15) is 5.10 Å². The van der Waals surface area contributed by atoms with E-state index in [1.165, 1.54) is 12.1 Å². The normalized spacial score (nSPS) is 10.2. The first-order chi connectivity index (χ1) is 8.19. The zero-order chi connectivity index (χ0) is 12.3. The largest absolute Gasteiger partial charge is 0.508 e. The molecule has 88 valence electrons. The highest BCUT2D eigenvalue weighted by atomic mass is 16.3. The van der Waals surface area contributed by atoms with Gasteiger partial charge in [0.2, 0.25) is 0 Å². The van der Waals surface area contributed by atoms with Crippen LogP contribution in [0.4, 0.5) is 5.82 Å². The zero-order valence-corrected chi connectivity index (χ0v) is 9.40. The summed E-state index contributed by atoms with van der Waals surface area (Å²) in [5.41, 5.74) is 1.44. The van der Waals surface area contributed by atoms with Crippen LogP contribution in [0, 0.1) is 0 Å². The lowest BCUT2D eigenvalue weighted by Crippen LogP contribution is -2.11. The van der Waals surface area contributed by atoms with Crippen molar-refractivity contribution in [3.63, 3.8) is 0 Å². The molecule has 0 radical (unpaired) electrons. The summed E-state index contributed by atoms with van der Waals surface area (Å²) >= 11 is 0. The Morgan fingerprint density at radius 2 is 2.12 bits per heavy atom. The van der Waals surface area contributed by atoms with Gasteiger partial charge in [0.15, 0.2) is 5.82 Å². The average molecular weight is 231 g/mol. The lowest BCUT2D eigenvalue weighted by Gasteiger charge is -2.01. The smallest absolute Gasteiger partial charge is 0.256 e. The Morgan fingerprint density at radius 1 is 1.41 bits per heavy atom. The number of nitrogens with one attached hydrogen (secondary N) is 2. The second kappa shape index (κ2) is 4.69. The average Bonchev–Trinajstić information content (AvgIpc) is 2.77. The SMILES string of the molecule is CCc1cc(NC(=O)c2ccc(O)cc2)n[nH]1. The molecule has 5 heteroatoms. The number of phenolic OH excluding ortho intramolecular Hbond substituents is 1. The Labute approximate surface area is 98.5 Å². The molecule has 0 bridgehead atoms. The first-order valence-electron chi connectivity index (χ1n) is 5.33. The minimum Gasteiger partial charge on any atom is -0.508 e. The van der Waals surface area contributed by atoms with Gasteiger partial charge in [-0.25, -0.2) is 0 Å². The Balaban J connectivity index is 2.08. The van der Waals surface area contributed by atoms with Crippen LogP contribution in [-0.2, 0) is 6.42 Å². The quantitative estimate of drug-likeness (QED) is 0.755. The number of aromatic amines is 1. The molecule has 0 spiro atoms. The predicted octanol–water partition coefficient (Wildman–Crippen LogP) is 1.93. The Hall–Kier alpha value is -2.30. The van der Waals surface area contributed by atoms with Crippen molar-refractivity contribution in [3.8, 4) is 5.75 Å². The molecular weight excluding hydrogens is 218 g/mol. The van der Waals surface area contributed by atoms with Gasteiger partial charge in [-0.15, -0.1) is 0 Å². The number of H-pyrrole nitrogens is 1. The highest BCUT2D eigenvalue weighted by molar-refractivity contribution is 6.03. The number of nitrogens with zero attached hydrogens (tertiary/aromatic N) is 1. The molecule has 5 nitrogen and oxygen atoms in total. The van der Waals surface area contributed by atoms with Crippen LogP contribution in [-0.4, -0.2) is 21.2 Å². The van der Waals surface area contributed by atoms with Crippen LogP contribution in [0.2, 0.25) is 0 Å². The summed E-state index contributed by atoms with van der Waals surface area (Å²) in [4.78, 5) is 11.8. The van der Waals surface area contributed by atoms with E-state index in [0.29, 0.717) is 11.4 Å². The van der Waals surface area contributed by atoms with E-state index in [4.69, 9.17) is 5.11 Å². The van der Waals surface area contributed by atoms with Crippen molar-refractivity contribution in [3.05, 3.63) is 41.6 Å². The van der Waals surface area contributed by atoms with E-state index in [0.717, 1.165) is 12.1 Å². The summed E-state index contributed by atoms with van der Waals surface area (Å²) in [5, 5.41) is 18.6.